The molecule has 0 aliphatic heterocycles. The maximum Gasteiger partial charge on any atom is 0.0651 e. The maximum atomic E-state index is 9.85. The van der Waals surface area contributed by atoms with Crippen molar-refractivity contribution in [3.63, 3.8) is 0 Å². The molecule has 1 aliphatic rings. The van der Waals surface area contributed by atoms with E-state index in [4.69, 9.17) is 0 Å². The lowest BCUT2D eigenvalue weighted by molar-refractivity contribution is 0.0763. The Bertz CT molecular complexity index is 492. The van der Waals surface area contributed by atoms with Crippen LogP contribution in [0.25, 0.3) is 0 Å². The SMILES string of the molecule is CCCCCCCCc1ccc(CCC(CO)(CO)NCC2CCC2)cc1. The van der Waals surface area contributed by atoms with Crippen LogP contribution in [0.1, 0.15) is 82.3 Å². The Morgan fingerprint density at radius 3 is 2.04 bits per heavy atom. The number of hydrogen-bond donors (Lipinski definition) is 3. The van der Waals surface area contributed by atoms with E-state index in [1.807, 2.05) is 0 Å². The molecule has 3 heteroatoms. The molecule has 0 atom stereocenters. The van der Waals surface area contributed by atoms with Gasteiger partial charge < -0.3 is 15.5 Å². The Labute approximate surface area is 166 Å². The lowest BCUT2D eigenvalue weighted by atomic mass is 9.84. The summed E-state index contributed by atoms with van der Waals surface area (Å²) in [5.41, 5.74) is 2.17. The van der Waals surface area contributed by atoms with E-state index in [0.717, 1.165) is 25.3 Å². The van der Waals surface area contributed by atoms with Crippen molar-refractivity contribution < 1.29 is 10.2 Å². The standard InChI is InChI=1S/C24H41NO2/c1-2-3-4-5-6-7-9-21-12-14-22(15-13-21)16-17-24(19-26,20-27)25-18-23-10-8-11-23/h12-15,23,25-27H,2-11,16-20H2,1H3. The van der Waals surface area contributed by atoms with Gasteiger partial charge in [0.2, 0.25) is 0 Å². The number of aryl methyl sites for hydroxylation is 2. The highest BCUT2D eigenvalue weighted by molar-refractivity contribution is 5.23. The van der Waals surface area contributed by atoms with Crippen LogP contribution >= 0.6 is 0 Å². The van der Waals surface area contributed by atoms with E-state index in [1.165, 1.54) is 75.3 Å². The molecule has 1 aliphatic carbocycles. The van der Waals surface area contributed by atoms with E-state index < -0.39 is 5.54 Å². The second kappa shape index (κ2) is 12.5. The van der Waals surface area contributed by atoms with Gasteiger partial charge in [-0.25, -0.2) is 0 Å². The third-order valence-electron chi connectivity index (χ3n) is 6.33. The minimum absolute atomic E-state index is 0.00760. The normalized spacial score (nSPS) is 15.1. The predicted octanol–water partition coefficient (Wildman–Crippen LogP) is 4.64. The zero-order valence-corrected chi connectivity index (χ0v) is 17.4. The summed E-state index contributed by atoms with van der Waals surface area (Å²) in [6.07, 6.45) is 14.7. The van der Waals surface area contributed by atoms with Gasteiger partial charge in [0, 0.05) is 0 Å². The lowest BCUT2D eigenvalue weighted by Gasteiger charge is -2.35. The van der Waals surface area contributed by atoms with Crippen LogP contribution < -0.4 is 5.32 Å². The van der Waals surface area contributed by atoms with Gasteiger partial charge in [0.25, 0.3) is 0 Å². The molecule has 0 bridgehead atoms. The summed E-state index contributed by atoms with van der Waals surface area (Å²) in [5, 5.41) is 23.2. The first kappa shape index (κ1) is 22.4. The quantitative estimate of drug-likeness (QED) is 0.392. The Balaban J connectivity index is 1.71. The lowest BCUT2D eigenvalue weighted by Crippen LogP contribution is -2.54. The van der Waals surface area contributed by atoms with Gasteiger partial charge in [0.15, 0.2) is 0 Å². The Morgan fingerprint density at radius 1 is 0.889 bits per heavy atom. The van der Waals surface area contributed by atoms with Crippen LogP contribution in [-0.2, 0) is 12.8 Å². The molecule has 3 nitrogen and oxygen atoms in total. The minimum atomic E-state index is -0.549. The zero-order valence-electron chi connectivity index (χ0n) is 17.4. The second-order valence-electron chi connectivity index (χ2n) is 8.61. The monoisotopic (exact) mass is 375 g/mol. The predicted molar refractivity (Wildman–Crippen MR) is 114 cm³/mol. The molecule has 0 spiro atoms. The number of unbranched alkanes of at least 4 members (excludes halogenated alkanes) is 5. The van der Waals surface area contributed by atoms with Crippen molar-refractivity contribution in [3.05, 3.63) is 35.4 Å². The van der Waals surface area contributed by atoms with Gasteiger partial charge in [-0.3, -0.25) is 0 Å². The van der Waals surface area contributed by atoms with Crippen molar-refractivity contribution in [1.29, 1.82) is 0 Å². The highest BCUT2D eigenvalue weighted by Crippen LogP contribution is 2.26. The number of aliphatic hydroxyl groups excluding tert-OH is 2. The molecule has 154 valence electrons. The van der Waals surface area contributed by atoms with Crippen molar-refractivity contribution in [2.75, 3.05) is 19.8 Å². The van der Waals surface area contributed by atoms with Crippen LogP contribution in [0.15, 0.2) is 24.3 Å². The van der Waals surface area contributed by atoms with Crippen LogP contribution in [0.2, 0.25) is 0 Å². The molecule has 1 aromatic carbocycles. The van der Waals surface area contributed by atoms with E-state index in [-0.39, 0.29) is 13.2 Å². The van der Waals surface area contributed by atoms with Crippen LogP contribution in [-0.4, -0.2) is 35.5 Å². The number of hydrogen-bond acceptors (Lipinski definition) is 3. The summed E-state index contributed by atoms with van der Waals surface area (Å²) >= 11 is 0. The van der Waals surface area contributed by atoms with Gasteiger partial charge in [0.05, 0.1) is 18.8 Å². The van der Waals surface area contributed by atoms with Crippen molar-refractivity contribution >= 4 is 0 Å². The third kappa shape index (κ3) is 7.93. The summed E-state index contributed by atoms with van der Waals surface area (Å²) in [7, 11) is 0. The van der Waals surface area contributed by atoms with E-state index in [0.29, 0.717) is 0 Å². The van der Waals surface area contributed by atoms with Gasteiger partial charge in [-0.1, -0.05) is 69.7 Å². The molecule has 27 heavy (non-hydrogen) atoms. The fourth-order valence-electron chi connectivity index (χ4n) is 3.83. The van der Waals surface area contributed by atoms with Crippen molar-refractivity contribution in [2.24, 2.45) is 5.92 Å². The Hall–Kier alpha value is -0.900. The van der Waals surface area contributed by atoms with E-state index in [2.05, 4.69) is 36.5 Å². The molecule has 0 heterocycles. The number of aliphatic hydroxyl groups is 2. The smallest absolute Gasteiger partial charge is 0.0651 e. The van der Waals surface area contributed by atoms with Crippen LogP contribution in [0.4, 0.5) is 0 Å². The minimum Gasteiger partial charge on any atom is -0.394 e. The van der Waals surface area contributed by atoms with Gasteiger partial charge in [-0.15, -0.1) is 0 Å². The molecule has 2 rings (SSSR count). The number of rotatable bonds is 15. The summed E-state index contributed by atoms with van der Waals surface area (Å²) in [6.45, 7) is 3.16. The molecule has 0 amide bonds. The van der Waals surface area contributed by atoms with E-state index >= 15 is 0 Å². The van der Waals surface area contributed by atoms with Gasteiger partial charge >= 0.3 is 0 Å². The summed E-state index contributed by atoms with van der Waals surface area (Å²) in [6, 6.07) is 8.95. The molecule has 0 unspecified atom stereocenters. The third-order valence-corrected chi connectivity index (χ3v) is 6.33. The zero-order chi connectivity index (χ0) is 19.4. The highest BCUT2D eigenvalue weighted by atomic mass is 16.3. The Morgan fingerprint density at radius 2 is 1.48 bits per heavy atom. The number of nitrogens with one attached hydrogen (secondary N) is 1. The first-order chi connectivity index (χ1) is 13.2. The second-order valence-corrected chi connectivity index (χ2v) is 8.61. The van der Waals surface area contributed by atoms with E-state index in [1.54, 1.807) is 0 Å². The molecule has 0 radical (unpaired) electrons. The maximum absolute atomic E-state index is 9.85. The summed E-state index contributed by atoms with van der Waals surface area (Å²) < 4.78 is 0. The molecular formula is C24H41NO2. The van der Waals surface area contributed by atoms with Crippen LogP contribution in [0.5, 0.6) is 0 Å². The van der Waals surface area contributed by atoms with Gasteiger partial charge in [-0.05, 0) is 62.1 Å². The molecule has 0 saturated heterocycles. The van der Waals surface area contributed by atoms with Crippen molar-refractivity contribution in [3.8, 4) is 0 Å². The molecule has 1 aromatic rings. The first-order valence-electron chi connectivity index (χ1n) is 11.3. The Kier molecular flexibility index (Phi) is 10.4. The van der Waals surface area contributed by atoms with Crippen molar-refractivity contribution in [2.45, 2.75) is 89.5 Å². The van der Waals surface area contributed by atoms with Gasteiger partial charge in [0.1, 0.15) is 0 Å². The first-order valence-corrected chi connectivity index (χ1v) is 11.3. The van der Waals surface area contributed by atoms with Gasteiger partial charge in [-0.2, -0.15) is 0 Å². The molecule has 1 saturated carbocycles. The summed E-state index contributed by atoms with van der Waals surface area (Å²) in [5.74, 6) is 0.726. The molecule has 0 aromatic heterocycles. The largest absolute Gasteiger partial charge is 0.394 e. The molecule has 3 N–H and O–H groups in total. The van der Waals surface area contributed by atoms with E-state index in [9.17, 15) is 10.2 Å². The average molecular weight is 376 g/mol. The van der Waals surface area contributed by atoms with Crippen LogP contribution in [0, 0.1) is 5.92 Å². The van der Waals surface area contributed by atoms with Crippen LogP contribution in [0.3, 0.4) is 0 Å². The fourth-order valence-corrected chi connectivity index (χ4v) is 3.83. The fraction of sp³-hybridized carbons (Fsp3) is 0.750. The van der Waals surface area contributed by atoms with Crippen molar-refractivity contribution in [1.82, 2.24) is 5.32 Å². The number of benzene rings is 1. The highest BCUT2D eigenvalue weighted by Gasteiger charge is 2.30. The molecular weight excluding hydrogens is 334 g/mol. The molecule has 1 fully saturated rings. The average Bonchev–Trinajstić information content (AvgIpc) is 2.67. The summed E-state index contributed by atoms with van der Waals surface area (Å²) in [4.78, 5) is 0. The topological polar surface area (TPSA) is 52.5 Å².